The van der Waals surface area contributed by atoms with Gasteiger partial charge in [0.05, 0.1) is 18.4 Å². The summed E-state index contributed by atoms with van der Waals surface area (Å²) >= 11 is 0. The number of fused-ring (bicyclic) bond motifs is 2. The minimum Gasteiger partial charge on any atom is -0.481 e. The first-order valence-corrected chi connectivity index (χ1v) is 9.87. The van der Waals surface area contributed by atoms with Crippen LogP contribution in [0.3, 0.4) is 0 Å². The van der Waals surface area contributed by atoms with E-state index in [0.29, 0.717) is 0 Å². The number of rotatable bonds is 5. The Hall–Kier alpha value is -2.88. The highest BCUT2D eigenvalue weighted by Crippen LogP contribution is 2.59. The molecule has 0 amide bonds. The molecule has 2 aliphatic carbocycles. The Morgan fingerprint density at radius 1 is 0.893 bits per heavy atom. The quantitative estimate of drug-likeness (QED) is 0.785. The molecule has 2 aromatic rings. The van der Waals surface area contributed by atoms with Crippen molar-refractivity contribution in [1.82, 2.24) is 0 Å². The Kier molecular flexibility index (Phi) is 5.03. The third-order valence-electron chi connectivity index (χ3n) is 6.10. The van der Waals surface area contributed by atoms with Gasteiger partial charge in [-0.2, -0.15) is 0 Å². The summed E-state index contributed by atoms with van der Waals surface area (Å²) in [5, 5.41) is 9.93. The Bertz CT molecular complexity index is 859. The molecule has 28 heavy (non-hydrogen) atoms. The van der Waals surface area contributed by atoms with Crippen LogP contribution in [0.4, 0.5) is 0 Å². The van der Waals surface area contributed by atoms with E-state index in [4.69, 9.17) is 4.74 Å². The molecule has 2 aliphatic rings. The number of carbonyl (C=O) groups is 2. The molecule has 4 nitrogen and oxygen atoms in total. The Balaban J connectivity index is 1.92. The zero-order chi connectivity index (χ0) is 19.7. The van der Waals surface area contributed by atoms with E-state index >= 15 is 0 Å². The molecular formula is C24H24O4. The van der Waals surface area contributed by atoms with Crippen LogP contribution in [0.1, 0.15) is 30.9 Å². The molecular weight excluding hydrogens is 352 g/mol. The maximum absolute atomic E-state index is 12.7. The van der Waals surface area contributed by atoms with Crippen LogP contribution in [0.2, 0.25) is 0 Å². The van der Waals surface area contributed by atoms with Crippen LogP contribution in [0.15, 0.2) is 66.2 Å². The van der Waals surface area contributed by atoms with Crippen LogP contribution in [-0.2, 0) is 14.3 Å². The van der Waals surface area contributed by atoms with Gasteiger partial charge in [-0.15, -0.1) is 0 Å². The average molecular weight is 376 g/mol. The van der Waals surface area contributed by atoms with Gasteiger partial charge in [0.15, 0.2) is 0 Å². The van der Waals surface area contributed by atoms with Crippen molar-refractivity contribution in [1.29, 1.82) is 0 Å². The number of aliphatic carboxylic acids is 1. The summed E-state index contributed by atoms with van der Waals surface area (Å²) in [4.78, 5) is 24.8. The summed E-state index contributed by atoms with van der Waals surface area (Å²) in [7, 11) is 0. The van der Waals surface area contributed by atoms with Crippen LogP contribution >= 0.6 is 0 Å². The lowest BCUT2D eigenvalue weighted by atomic mass is 9.79. The van der Waals surface area contributed by atoms with Crippen molar-refractivity contribution < 1.29 is 19.4 Å². The molecule has 0 saturated heterocycles. The summed E-state index contributed by atoms with van der Waals surface area (Å²) in [6.45, 7) is 2.03. The fraction of sp³-hybridized carbons (Fsp3) is 0.333. The monoisotopic (exact) mass is 376 g/mol. The third-order valence-corrected chi connectivity index (χ3v) is 6.10. The molecule has 4 rings (SSSR count). The van der Waals surface area contributed by atoms with Crippen LogP contribution < -0.4 is 0 Å². The molecule has 1 N–H and O–H groups in total. The number of benzene rings is 2. The van der Waals surface area contributed by atoms with Crippen LogP contribution in [0.25, 0.3) is 5.57 Å². The highest BCUT2D eigenvalue weighted by atomic mass is 16.5. The van der Waals surface area contributed by atoms with Gasteiger partial charge in [-0.25, -0.2) is 0 Å². The first kappa shape index (κ1) is 18.5. The van der Waals surface area contributed by atoms with Gasteiger partial charge in [-0.05, 0) is 48.3 Å². The van der Waals surface area contributed by atoms with E-state index in [9.17, 15) is 14.7 Å². The minimum absolute atomic E-state index is 0.0828. The van der Waals surface area contributed by atoms with Crippen LogP contribution in [0.5, 0.6) is 0 Å². The molecule has 144 valence electrons. The van der Waals surface area contributed by atoms with E-state index in [1.165, 1.54) is 0 Å². The number of carboxylic acid groups (broad SMARTS) is 1. The minimum atomic E-state index is -0.900. The predicted molar refractivity (Wildman–Crippen MR) is 106 cm³/mol. The van der Waals surface area contributed by atoms with E-state index in [1.54, 1.807) is 6.92 Å². The molecule has 0 aromatic heterocycles. The number of hydrogen-bond acceptors (Lipinski definition) is 3. The largest absolute Gasteiger partial charge is 0.481 e. The molecule has 2 aromatic carbocycles. The van der Waals surface area contributed by atoms with E-state index in [2.05, 4.69) is 24.3 Å². The van der Waals surface area contributed by atoms with Crippen LogP contribution in [0, 0.1) is 23.7 Å². The molecule has 0 spiro atoms. The zero-order valence-electron chi connectivity index (χ0n) is 15.9. The summed E-state index contributed by atoms with van der Waals surface area (Å²) in [6, 6.07) is 20.2. The number of esters is 1. The van der Waals surface area contributed by atoms with Gasteiger partial charge in [0.1, 0.15) is 0 Å². The molecule has 4 atom stereocenters. The van der Waals surface area contributed by atoms with Gasteiger partial charge in [0, 0.05) is 0 Å². The van der Waals surface area contributed by atoms with Crippen molar-refractivity contribution >= 4 is 17.5 Å². The zero-order valence-corrected chi connectivity index (χ0v) is 15.9. The lowest BCUT2D eigenvalue weighted by Gasteiger charge is -2.25. The van der Waals surface area contributed by atoms with Crippen LogP contribution in [-0.4, -0.2) is 23.7 Å². The lowest BCUT2D eigenvalue weighted by molar-refractivity contribution is -0.159. The lowest BCUT2D eigenvalue weighted by Crippen LogP contribution is -2.35. The highest BCUT2D eigenvalue weighted by molar-refractivity contribution is 5.89. The number of carboxylic acids is 1. The van der Waals surface area contributed by atoms with E-state index in [-0.39, 0.29) is 24.4 Å². The van der Waals surface area contributed by atoms with Gasteiger partial charge in [-0.3, -0.25) is 9.59 Å². The van der Waals surface area contributed by atoms with Crippen molar-refractivity contribution in [2.75, 3.05) is 6.61 Å². The molecule has 2 fully saturated rings. The molecule has 2 saturated carbocycles. The first-order chi connectivity index (χ1) is 13.6. The topological polar surface area (TPSA) is 63.6 Å². The molecule has 0 heterocycles. The maximum Gasteiger partial charge on any atom is 0.310 e. The third kappa shape index (κ3) is 3.03. The van der Waals surface area contributed by atoms with Crippen molar-refractivity contribution in [3.8, 4) is 0 Å². The Morgan fingerprint density at radius 3 is 1.86 bits per heavy atom. The van der Waals surface area contributed by atoms with E-state index in [1.807, 2.05) is 36.4 Å². The number of ether oxygens (including phenoxy) is 1. The average Bonchev–Trinajstić information content (AvgIpc) is 3.26. The van der Waals surface area contributed by atoms with E-state index in [0.717, 1.165) is 35.1 Å². The normalized spacial score (nSPS) is 25.5. The molecule has 2 bridgehead atoms. The fourth-order valence-corrected chi connectivity index (χ4v) is 5.15. The molecule has 4 heteroatoms. The second-order valence-corrected chi connectivity index (χ2v) is 7.49. The standard InChI is InChI=1S/C24H24O4/c1-2-28-24(27)22-18-14-13-17(21(22)23(25)26)20(18)19(15-9-5-3-6-10-15)16-11-7-4-8-12-16/h3-12,17-18,21-22H,2,13-14H2,1H3,(H,25,26). The van der Waals surface area contributed by atoms with Crippen molar-refractivity contribution in [2.45, 2.75) is 19.8 Å². The summed E-state index contributed by atoms with van der Waals surface area (Å²) in [6.07, 6.45) is 1.63. The highest BCUT2D eigenvalue weighted by Gasteiger charge is 2.58. The summed E-state index contributed by atoms with van der Waals surface area (Å²) < 4.78 is 5.27. The SMILES string of the molecule is CCOC(=O)C1C2CCC(C2=C(c2ccccc2)c2ccccc2)C1C(=O)O. The molecule has 0 radical (unpaired) electrons. The fourth-order valence-electron chi connectivity index (χ4n) is 5.15. The van der Waals surface area contributed by atoms with E-state index < -0.39 is 17.8 Å². The predicted octanol–water partition coefficient (Wildman–Crippen LogP) is 4.41. The molecule has 4 unspecified atom stereocenters. The smallest absolute Gasteiger partial charge is 0.310 e. The Morgan fingerprint density at radius 2 is 1.39 bits per heavy atom. The Labute approximate surface area is 164 Å². The van der Waals surface area contributed by atoms with Gasteiger partial charge < -0.3 is 9.84 Å². The first-order valence-electron chi connectivity index (χ1n) is 9.87. The van der Waals surface area contributed by atoms with Crippen molar-refractivity contribution in [3.63, 3.8) is 0 Å². The van der Waals surface area contributed by atoms with Gasteiger partial charge >= 0.3 is 11.9 Å². The maximum atomic E-state index is 12.7. The summed E-state index contributed by atoms with van der Waals surface area (Å²) in [5.74, 6) is -2.81. The van der Waals surface area contributed by atoms with Gasteiger partial charge in [-0.1, -0.05) is 66.2 Å². The second kappa shape index (κ2) is 7.63. The number of hydrogen-bond donors (Lipinski definition) is 1. The van der Waals surface area contributed by atoms with Crippen molar-refractivity contribution in [2.24, 2.45) is 23.7 Å². The van der Waals surface area contributed by atoms with Crippen molar-refractivity contribution in [3.05, 3.63) is 77.4 Å². The molecule has 0 aliphatic heterocycles. The number of carbonyl (C=O) groups excluding carboxylic acids is 1. The van der Waals surface area contributed by atoms with Gasteiger partial charge in [0.2, 0.25) is 0 Å². The number of allylic oxidation sites excluding steroid dienone is 1. The summed E-state index contributed by atoms with van der Waals surface area (Å²) in [5.41, 5.74) is 4.32. The second-order valence-electron chi connectivity index (χ2n) is 7.49. The van der Waals surface area contributed by atoms with Gasteiger partial charge in [0.25, 0.3) is 0 Å².